The highest BCUT2D eigenvalue weighted by Gasteiger charge is 2.15. The van der Waals surface area contributed by atoms with Gasteiger partial charge in [-0.25, -0.2) is 0 Å². The van der Waals surface area contributed by atoms with Crippen molar-refractivity contribution in [3.63, 3.8) is 0 Å². The van der Waals surface area contributed by atoms with E-state index in [4.69, 9.17) is 14.2 Å². The van der Waals surface area contributed by atoms with E-state index in [0.717, 1.165) is 11.3 Å². The minimum Gasteiger partial charge on any atom is -0.497 e. The molecule has 0 saturated carbocycles. The van der Waals surface area contributed by atoms with Crippen molar-refractivity contribution in [3.8, 4) is 17.2 Å². The molecule has 0 radical (unpaired) electrons. The van der Waals surface area contributed by atoms with Gasteiger partial charge in [-0.3, -0.25) is 9.59 Å². The lowest BCUT2D eigenvalue weighted by Crippen LogP contribution is -2.39. The van der Waals surface area contributed by atoms with Gasteiger partial charge in [0.25, 0.3) is 0 Å². The van der Waals surface area contributed by atoms with Crippen molar-refractivity contribution in [1.82, 2.24) is 4.90 Å². The molecule has 0 aromatic heterocycles. The van der Waals surface area contributed by atoms with Gasteiger partial charge in [0, 0.05) is 6.92 Å². The fraction of sp³-hybridized carbons (Fsp3) is 0.333. The van der Waals surface area contributed by atoms with Crippen molar-refractivity contribution < 1.29 is 23.8 Å². The van der Waals surface area contributed by atoms with Crippen LogP contribution in [0.4, 0.5) is 5.69 Å². The highest BCUT2D eigenvalue weighted by atomic mass is 16.5. The first-order valence-corrected chi connectivity index (χ1v) is 8.89. The van der Waals surface area contributed by atoms with Gasteiger partial charge in [-0.15, -0.1) is 0 Å². The minimum absolute atomic E-state index is 0.0710. The summed E-state index contributed by atoms with van der Waals surface area (Å²) in [7, 11) is 3.14. The van der Waals surface area contributed by atoms with Crippen molar-refractivity contribution in [1.29, 1.82) is 0 Å². The van der Waals surface area contributed by atoms with E-state index in [1.807, 2.05) is 19.1 Å². The molecule has 7 heteroatoms. The number of rotatable bonds is 9. The Morgan fingerprint density at radius 1 is 1.00 bits per heavy atom. The molecule has 2 rings (SSSR count). The molecule has 1 N–H and O–H groups in total. The summed E-state index contributed by atoms with van der Waals surface area (Å²) in [6.45, 7) is 3.84. The van der Waals surface area contributed by atoms with E-state index in [9.17, 15) is 9.59 Å². The summed E-state index contributed by atoms with van der Waals surface area (Å²) in [5.41, 5.74) is 1.57. The number of hydrogen-bond acceptors (Lipinski definition) is 5. The standard InChI is InChI=1S/C21H26N2O5/c1-15-5-10-20(27-4)19(13-15)22-21(25)14-23(16(2)24)11-12-28-18-8-6-17(26-3)7-9-18/h5-10,13H,11-12,14H2,1-4H3,(H,22,25). The molecule has 2 amide bonds. The molecule has 2 aromatic rings. The first-order valence-electron chi connectivity index (χ1n) is 8.89. The van der Waals surface area contributed by atoms with Gasteiger partial charge in [-0.2, -0.15) is 0 Å². The van der Waals surface area contributed by atoms with Gasteiger partial charge in [0.15, 0.2) is 0 Å². The Hall–Kier alpha value is -3.22. The fourth-order valence-electron chi connectivity index (χ4n) is 2.58. The highest BCUT2D eigenvalue weighted by molar-refractivity contribution is 5.95. The topological polar surface area (TPSA) is 77.1 Å². The lowest BCUT2D eigenvalue weighted by atomic mass is 10.2. The summed E-state index contributed by atoms with van der Waals surface area (Å²) in [4.78, 5) is 25.7. The predicted molar refractivity (Wildman–Crippen MR) is 107 cm³/mol. The summed E-state index contributed by atoms with van der Waals surface area (Å²) in [6, 6.07) is 12.7. The SMILES string of the molecule is COc1ccc(OCCN(CC(=O)Nc2cc(C)ccc2OC)C(C)=O)cc1. The lowest BCUT2D eigenvalue weighted by molar-refractivity contribution is -0.133. The second kappa shape index (κ2) is 10.2. The molecular weight excluding hydrogens is 360 g/mol. The monoisotopic (exact) mass is 386 g/mol. The number of aryl methyl sites for hydroxylation is 1. The first kappa shape index (κ1) is 21.1. The molecule has 2 aromatic carbocycles. The average Bonchev–Trinajstić information content (AvgIpc) is 2.67. The van der Waals surface area contributed by atoms with E-state index in [2.05, 4.69) is 5.32 Å². The molecule has 0 saturated heterocycles. The van der Waals surface area contributed by atoms with E-state index in [0.29, 0.717) is 23.7 Å². The third-order valence-electron chi connectivity index (χ3n) is 4.10. The number of carbonyl (C=O) groups is 2. The first-order chi connectivity index (χ1) is 13.4. The zero-order valence-electron chi connectivity index (χ0n) is 16.7. The molecule has 0 unspecified atom stereocenters. The van der Waals surface area contributed by atoms with E-state index < -0.39 is 0 Å². The van der Waals surface area contributed by atoms with Gasteiger partial charge in [0.1, 0.15) is 23.9 Å². The number of anilines is 1. The number of amides is 2. The average molecular weight is 386 g/mol. The summed E-state index contributed by atoms with van der Waals surface area (Å²) in [6.07, 6.45) is 0. The van der Waals surface area contributed by atoms with Crippen molar-refractivity contribution in [2.75, 3.05) is 39.2 Å². The second-order valence-corrected chi connectivity index (χ2v) is 6.22. The van der Waals surface area contributed by atoms with Gasteiger partial charge in [0.2, 0.25) is 11.8 Å². The van der Waals surface area contributed by atoms with Crippen LogP contribution in [0.3, 0.4) is 0 Å². The number of carbonyl (C=O) groups excluding carboxylic acids is 2. The molecule has 0 aliphatic rings. The Bertz CT molecular complexity index is 805. The zero-order chi connectivity index (χ0) is 20.5. The fourth-order valence-corrected chi connectivity index (χ4v) is 2.58. The van der Waals surface area contributed by atoms with Crippen LogP contribution in [0, 0.1) is 6.92 Å². The van der Waals surface area contributed by atoms with Gasteiger partial charge >= 0.3 is 0 Å². The molecule has 0 heterocycles. The summed E-state index contributed by atoms with van der Waals surface area (Å²) in [5, 5.41) is 2.80. The van der Waals surface area contributed by atoms with Crippen LogP contribution in [0.25, 0.3) is 0 Å². The van der Waals surface area contributed by atoms with Gasteiger partial charge in [-0.05, 0) is 48.9 Å². The maximum Gasteiger partial charge on any atom is 0.244 e. The van der Waals surface area contributed by atoms with Crippen molar-refractivity contribution in [2.45, 2.75) is 13.8 Å². The number of hydrogen-bond donors (Lipinski definition) is 1. The van der Waals surface area contributed by atoms with E-state index >= 15 is 0 Å². The van der Waals surface area contributed by atoms with E-state index in [-0.39, 0.29) is 25.0 Å². The number of benzene rings is 2. The van der Waals surface area contributed by atoms with Crippen LogP contribution < -0.4 is 19.5 Å². The third kappa shape index (κ3) is 6.19. The Labute approximate surface area is 165 Å². The van der Waals surface area contributed by atoms with Crippen LogP contribution in [0.15, 0.2) is 42.5 Å². The van der Waals surface area contributed by atoms with Crippen molar-refractivity contribution in [2.24, 2.45) is 0 Å². The molecule has 0 atom stereocenters. The Morgan fingerprint density at radius 3 is 2.29 bits per heavy atom. The second-order valence-electron chi connectivity index (χ2n) is 6.22. The van der Waals surface area contributed by atoms with Gasteiger partial charge in [-0.1, -0.05) is 6.07 Å². The third-order valence-corrected chi connectivity index (χ3v) is 4.10. The number of nitrogens with zero attached hydrogens (tertiary/aromatic N) is 1. The maximum atomic E-state index is 12.4. The maximum absolute atomic E-state index is 12.4. The largest absolute Gasteiger partial charge is 0.497 e. The molecular formula is C21H26N2O5. The van der Waals surface area contributed by atoms with E-state index in [1.54, 1.807) is 44.6 Å². The molecule has 150 valence electrons. The van der Waals surface area contributed by atoms with Crippen LogP contribution in [0.2, 0.25) is 0 Å². The quantitative estimate of drug-likeness (QED) is 0.717. The molecule has 0 aliphatic carbocycles. The predicted octanol–water partition coefficient (Wildman–Crippen LogP) is 2.88. The molecule has 0 spiro atoms. The van der Waals surface area contributed by atoms with Crippen LogP contribution in [-0.4, -0.2) is 50.6 Å². The van der Waals surface area contributed by atoms with Crippen LogP contribution in [-0.2, 0) is 9.59 Å². The molecule has 28 heavy (non-hydrogen) atoms. The van der Waals surface area contributed by atoms with Crippen LogP contribution in [0.1, 0.15) is 12.5 Å². The molecule has 0 bridgehead atoms. The smallest absolute Gasteiger partial charge is 0.244 e. The van der Waals surface area contributed by atoms with Crippen LogP contribution >= 0.6 is 0 Å². The Morgan fingerprint density at radius 2 is 1.68 bits per heavy atom. The van der Waals surface area contributed by atoms with Gasteiger partial charge < -0.3 is 24.4 Å². The molecule has 0 aliphatic heterocycles. The number of methoxy groups -OCH3 is 2. The summed E-state index contributed by atoms with van der Waals surface area (Å²) in [5.74, 6) is 1.46. The lowest BCUT2D eigenvalue weighted by Gasteiger charge is -2.21. The minimum atomic E-state index is -0.302. The Balaban J connectivity index is 1.90. The van der Waals surface area contributed by atoms with Crippen molar-refractivity contribution >= 4 is 17.5 Å². The highest BCUT2D eigenvalue weighted by Crippen LogP contribution is 2.25. The van der Waals surface area contributed by atoms with Crippen LogP contribution in [0.5, 0.6) is 17.2 Å². The number of ether oxygens (including phenoxy) is 3. The Kier molecular flexibility index (Phi) is 7.68. The molecule has 7 nitrogen and oxygen atoms in total. The normalized spacial score (nSPS) is 10.1. The summed E-state index contributed by atoms with van der Waals surface area (Å²) < 4.78 is 16.0. The van der Waals surface area contributed by atoms with Gasteiger partial charge in [0.05, 0.1) is 33.0 Å². The molecule has 0 fully saturated rings. The number of nitrogens with one attached hydrogen (secondary N) is 1. The summed E-state index contributed by atoms with van der Waals surface area (Å²) >= 11 is 0. The van der Waals surface area contributed by atoms with E-state index in [1.165, 1.54) is 11.8 Å². The zero-order valence-corrected chi connectivity index (χ0v) is 16.7. The van der Waals surface area contributed by atoms with Crippen molar-refractivity contribution in [3.05, 3.63) is 48.0 Å².